The quantitative estimate of drug-likeness (QED) is 0.0752. The zero-order valence-electron chi connectivity index (χ0n) is 29.8. The van der Waals surface area contributed by atoms with E-state index >= 15 is 0 Å². The van der Waals surface area contributed by atoms with E-state index in [1.54, 1.807) is 0 Å². The van der Waals surface area contributed by atoms with Gasteiger partial charge in [-0.05, 0) is 60.0 Å². The summed E-state index contributed by atoms with van der Waals surface area (Å²) < 4.78 is 12.3. The summed E-state index contributed by atoms with van der Waals surface area (Å²) >= 11 is 0. The molecule has 4 heteroatoms. The molecular weight excluding hydrogens is 533 g/mol. The molecule has 1 aromatic carbocycles. The fourth-order valence-electron chi connectivity index (χ4n) is 5.52. The Kier molecular flexibility index (Phi) is 18.3. The van der Waals surface area contributed by atoms with Gasteiger partial charge in [-0.25, -0.2) is 0 Å². The van der Waals surface area contributed by atoms with Crippen molar-refractivity contribution in [1.82, 2.24) is 0 Å². The molecule has 0 heterocycles. The van der Waals surface area contributed by atoms with E-state index in [4.69, 9.17) is 9.16 Å². The smallest absolute Gasteiger partial charge is 0.306 e. The minimum absolute atomic E-state index is 0.0429. The standard InChI is InChI=1S/C38H70O3Si/c1-11-12-13-14-15-16-17-18-19-20-21-22-23-24-25-26-29-40-35(39)28-27-32-30-33(37(2,3)4)36(41-42(8,9)10)34(31-32)38(5,6)7/h30-31H,11-29H2,1-10H3. The van der Waals surface area contributed by atoms with E-state index in [-0.39, 0.29) is 16.8 Å². The highest BCUT2D eigenvalue weighted by Gasteiger charge is 2.30. The summed E-state index contributed by atoms with van der Waals surface area (Å²) in [6, 6.07) is 4.54. The van der Waals surface area contributed by atoms with Crippen molar-refractivity contribution >= 4 is 14.3 Å². The van der Waals surface area contributed by atoms with Crippen LogP contribution in [-0.2, 0) is 26.8 Å². The predicted octanol–water partition coefficient (Wildman–Crippen LogP) is 12.2. The summed E-state index contributed by atoms with van der Waals surface area (Å²) in [4.78, 5) is 12.6. The van der Waals surface area contributed by atoms with Crippen molar-refractivity contribution in [3.05, 3.63) is 28.8 Å². The van der Waals surface area contributed by atoms with Gasteiger partial charge in [0.2, 0.25) is 8.32 Å². The highest BCUT2D eigenvalue weighted by atomic mass is 28.4. The molecule has 0 radical (unpaired) electrons. The van der Waals surface area contributed by atoms with Crippen molar-refractivity contribution in [3.8, 4) is 5.75 Å². The first-order valence-electron chi connectivity index (χ1n) is 17.7. The van der Waals surface area contributed by atoms with Crippen LogP contribution in [0.4, 0.5) is 0 Å². The van der Waals surface area contributed by atoms with Gasteiger partial charge in [-0.2, -0.15) is 0 Å². The first-order chi connectivity index (χ1) is 19.6. The minimum Gasteiger partial charge on any atom is -0.544 e. The number of aryl methyl sites for hydroxylation is 1. The molecule has 0 aliphatic rings. The van der Waals surface area contributed by atoms with Gasteiger partial charge in [0.05, 0.1) is 6.61 Å². The summed E-state index contributed by atoms with van der Waals surface area (Å²) in [6.07, 6.45) is 22.7. The molecule has 42 heavy (non-hydrogen) atoms. The van der Waals surface area contributed by atoms with Gasteiger partial charge in [0.1, 0.15) is 5.75 Å². The number of esters is 1. The number of ether oxygens (including phenoxy) is 1. The van der Waals surface area contributed by atoms with Crippen LogP contribution in [0.3, 0.4) is 0 Å². The fourth-order valence-corrected chi connectivity index (χ4v) is 6.35. The normalized spacial score (nSPS) is 12.5. The molecule has 244 valence electrons. The second-order valence-corrected chi connectivity index (χ2v) is 20.2. The molecular formula is C38H70O3Si. The number of hydrogen-bond acceptors (Lipinski definition) is 3. The Hall–Kier alpha value is -1.29. The lowest BCUT2D eigenvalue weighted by molar-refractivity contribution is -0.143. The SMILES string of the molecule is CCCCCCCCCCCCCCCCCCOC(=O)CCc1cc(C(C)(C)C)c(O[Si](C)(C)C)c(C(C)(C)C)c1. The Morgan fingerprint density at radius 3 is 1.38 bits per heavy atom. The second-order valence-electron chi connectivity index (χ2n) is 15.8. The third kappa shape index (κ3) is 17.7. The lowest BCUT2D eigenvalue weighted by Gasteiger charge is -2.34. The maximum atomic E-state index is 12.6. The fraction of sp³-hybridized carbons (Fsp3) is 0.816. The van der Waals surface area contributed by atoms with Gasteiger partial charge in [-0.1, -0.05) is 157 Å². The summed E-state index contributed by atoms with van der Waals surface area (Å²) in [5.41, 5.74) is 3.60. The van der Waals surface area contributed by atoms with E-state index in [9.17, 15) is 4.79 Å². The van der Waals surface area contributed by atoms with Gasteiger partial charge < -0.3 is 9.16 Å². The predicted molar refractivity (Wildman–Crippen MR) is 187 cm³/mol. The Morgan fingerprint density at radius 1 is 0.643 bits per heavy atom. The van der Waals surface area contributed by atoms with E-state index < -0.39 is 8.32 Å². The minimum atomic E-state index is -1.79. The topological polar surface area (TPSA) is 35.5 Å². The lowest BCUT2D eigenvalue weighted by Crippen LogP contribution is -2.33. The molecule has 0 aliphatic carbocycles. The Balaban J connectivity index is 2.32. The largest absolute Gasteiger partial charge is 0.544 e. The molecule has 0 fully saturated rings. The van der Waals surface area contributed by atoms with Gasteiger partial charge in [0.25, 0.3) is 0 Å². The number of hydrogen-bond donors (Lipinski definition) is 0. The van der Waals surface area contributed by atoms with Crippen molar-refractivity contribution in [1.29, 1.82) is 0 Å². The number of rotatable bonds is 22. The molecule has 0 N–H and O–H groups in total. The molecule has 0 aromatic heterocycles. The molecule has 0 saturated carbocycles. The summed E-state index contributed by atoms with van der Waals surface area (Å²) in [7, 11) is -1.79. The molecule has 0 aliphatic heterocycles. The van der Waals surface area contributed by atoms with Crippen LogP contribution in [0.2, 0.25) is 19.6 Å². The first kappa shape index (κ1) is 38.7. The number of benzene rings is 1. The third-order valence-corrected chi connectivity index (χ3v) is 8.87. The molecule has 0 bridgehead atoms. The molecule has 0 atom stereocenters. The van der Waals surface area contributed by atoms with Crippen LogP contribution in [0, 0.1) is 0 Å². The monoisotopic (exact) mass is 603 g/mol. The maximum absolute atomic E-state index is 12.6. The molecule has 0 saturated heterocycles. The van der Waals surface area contributed by atoms with Crippen LogP contribution in [-0.4, -0.2) is 20.9 Å². The molecule has 0 amide bonds. The lowest BCUT2D eigenvalue weighted by atomic mass is 9.78. The number of carbonyl (C=O) groups excluding carboxylic acids is 1. The van der Waals surface area contributed by atoms with Crippen LogP contribution >= 0.6 is 0 Å². The van der Waals surface area contributed by atoms with Gasteiger partial charge >= 0.3 is 5.97 Å². The van der Waals surface area contributed by atoms with E-state index in [0.29, 0.717) is 19.4 Å². The first-order valence-corrected chi connectivity index (χ1v) is 21.1. The second kappa shape index (κ2) is 19.9. The highest BCUT2D eigenvalue weighted by Crippen LogP contribution is 2.42. The van der Waals surface area contributed by atoms with Gasteiger partial charge in [-0.15, -0.1) is 0 Å². The zero-order chi connectivity index (χ0) is 31.7. The Labute approximate surface area is 263 Å². The van der Waals surface area contributed by atoms with Gasteiger partial charge in [0.15, 0.2) is 0 Å². The Morgan fingerprint density at radius 2 is 1.02 bits per heavy atom. The van der Waals surface area contributed by atoms with Crippen molar-refractivity contribution in [2.75, 3.05) is 6.61 Å². The van der Waals surface area contributed by atoms with E-state index in [0.717, 1.165) is 18.6 Å². The number of unbranched alkanes of at least 4 members (excludes halogenated alkanes) is 15. The van der Waals surface area contributed by atoms with Crippen molar-refractivity contribution < 1.29 is 14.0 Å². The Bertz CT molecular complexity index is 835. The van der Waals surface area contributed by atoms with Crippen LogP contribution < -0.4 is 4.43 Å². The van der Waals surface area contributed by atoms with Gasteiger partial charge in [-0.3, -0.25) is 4.79 Å². The van der Waals surface area contributed by atoms with E-state index in [1.165, 1.54) is 107 Å². The van der Waals surface area contributed by atoms with Crippen LogP contribution in [0.15, 0.2) is 12.1 Å². The molecule has 1 rings (SSSR count). The highest BCUT2D eigenvalue weighted by molar-refractivity contribution is 6.70. The van der Waals surface area contributed by atoms with Gasteiger partial charge in [0, 0.05) is 6.42 Å². The molecule has 0 spiro atoms. The summed E-state index contributed by atoms with van der Waals surface area (Å²) in [6.45, 7) is 23.1. The van der Waals surface area contributed by atoms with E-state index in [2.05, 4.69) is 80.2 Å². The molecule has 1 aromatic rings. The van der Waals surface area contributed by atoms with Crippen molar-refractivity contribution in [3.63, 3.8) is 0 Å². The molecule has 3 nitrogen and oxygen atoms in total. The maximum Gasteiger partial charge on any atom is 0.306 e. The third-order valence-electron chi connectivity index (χ3n) is 8.05. The molecule has 0 unspecified atom stereocenters. The average Bonchev–Trinajstić information content (AvgIpc) is 2.87. The van der Waals surface area contributed by atoms with Crippen LogP contribution in [0.1, 0.15) is 174 Å². The van der Waals surface area contributed by atoms with Crippen LogP contribution in [0.5, 0.6) is 5.75 Å². The summed E-state index contributed by atoms with van der Waals surface area (Å²) in [5, 5.41) is 0. The average molecular weight is 603 g/mol. The summed E-state index contributed by atoms with van der Waals surface area (Å²) in [5.74, 6) is 0.983. The van der Waals surface area contributed by atoms with Crippen LogP contribution in [0.25, 0.3) is 0 Å². The number of carbonyl (C=O) groups is 1. The zero-order valence-corrected chi connectivity index (χ0v) is 30.8. The van der Waals surface area contributed by atoms with Crippen molar-refractivity contribution in [2.24, 2.45) is 0 Å². The van der Waals surface area contributed by atoms with E-state index in [1.807, 2.05) is 0 Å². The van der Waals surface area contributed by atoms with Crippen molar-refractivity contribution in [2.45, 2.75) is 195 Å².